The third-order valence-electron chi connectivity index (χ3n) is 5.98. The largest absolute Gasteiger partial charge is 0.497 e. The zero-order chi connectivity index (χ0) is 22.1. The highest BCUT2D eigenvalue weighted by Crippen LogP contribution is 2.22. The highest BCUT2D eigenvalue weighted by Gasteiger charge is 2.15. The summed E-state index contributed by atoms with van der Waals surface area (Å²) in [6.45, 7) is 5.36. The van der Waals surface area contributed by atoms with Gasteiger partial charge in [0, 0.05) is 38.3 Å². The summed E-state index contributed by atoms with van der Waals surface area (Å²) in [5.74, 6) is 0.727. The number of hydrogen-bond donors (Lipinski definition) is 1. The zero-order valence-electron chi connectivity index (χ0n) is 18.3. The fraction of sp³-hybridized carbons (Fsp3) is 0.292. The number of piperazine rings is 1. The van der Waals surface area contributed by atoms with Crippen molar-refractivity contribution in [2.24, 2.45) is 0 Å². The minimum absolute atomic E-state index is 0.273. The highest BCUT2D eigenvalue weighted by atomic mass is 16.5. The first-order valence-electron chi connectivity index (χ1n) is 10.7. The van der Waals surface area contributed by atoms with E-state index in [4.69, 9.17) is 9.72 Å². The molecule has 1 saturated heterocycles. The van der Waals surface area contributed by atoms with Crippen LogP contribution in [0.3, 0.4) is 0 Å². The maximum absolute atomic E-state index is 12.6. The van der Waals surface area contributed by atoms with Gasteiger partial charge in [-0.3, -0.25) is 9.88 Å². The first-order valence-corrected chi connectivity index (χ1v) is 10.7. The van der Waals surface area contributed by atoms with Gasteiger partial charge in [0.25, 0.3) is 0 Å². The lowest BCUT2D eigenvalue weighted by molar-refractivity contribution is 0.148. The van der Waals surface area contributed by atoms with Gasteiger partial charge in [0.2, 0.25) is 0 Å². The Kier molecular flexibility index (Phi) is 5.46. The molecule has 4 aromatic rings. The molecule has 2 aromatic carbocycles. The van der Waals surface area contributed by atoms with Crippen LogP contribution in [0, 0.1) is 0 Å². The smallest absolute Gasteiger partial charge is 0.333 e. The minimum atomic E-state index is -0.273. The maximum Gasteiger partial charge on any atom is 0.333 e. The maximum atomic E-state index is 12.6. The normalized spacial score (nSPS) is 15.3. The predicted molar refractivity (Wildman–Crippen MR) is 124 cm³/mol. The van der Waals surface area contributed by atoms with Crippen LogP contribution in [-0.2, 0) is 6.54 Å². The number of hydrogen-bond acceptors (Lipinski definition) is 6. The number of rotatable bonds is 5. The number of ether oxygens (including phenoxy) is 1. The summed E-state index contributed by atoms with van der Waals surface area (Å²) < 4.78 is 6.75. The van der Waals surface area contributed by atoms with Crippen LogP contribution < -0.4 is 10.4 Å². The molecule has 3 heterocycles. The molecule has 0 spiro atoms. The molecule has 0 atom stereocenters. The number of H-pyrrole nitrogens is 1. The van der Waals surface area contributed by atoms with E-state index in [9.17, 15) is 4.79 Å². The number of imidazole rings is 1. The lowest BCUT2D eigenvalue weighted by Crippen LogP contribution is -2.43. The van der Waals surface area contributed by atoms with Gasteiger partial charge in [0.15, 0.2) is 11.3 Å². The van der Waals surface area contributed by atoms with E-state index in [1.807, 2.05) is 24.3 Å². The third kappa shape index (κ3) is 4.02. The summed E-state index contributed by atoms with van der Waals surface area (Å²) >= 11 is 0. The van der Waals surface area contributed by atoms with E-state index in [1.54, 1.807) is 13.3 Å². The molecule has 0 radical (unpaired) electrons. The molecule has 1 N–H and O–H groups in total. The van der Waals surface area contributed by atoms with Gasteiger partial charge in [-0.1, -0.05) is 24.3 Å². The van der Waals surface area contributed by atoms with Crippen molar-refractivity contribution in [2.45, 2.75) is 6.54 Å². The Morgan fingerprint density at radius 2 is 1.72 bits per heavy atom. The summed E-state index contributed by atoms with van der Waals surface area (Å²) in [5.41, 5.74) is 4.37. The number of aromatic amines is 1. The van der Waals surface area contributed by atoms with Crippen molar-refractivity contribution in [3.05, 3.63) is 70.8 Å². The molecule has 1 fully saturated rings. The zero-order valence-corrected chi connectivity index (χ0v) is 18.3. The van der Waals surface area contributed by atoms with Gasteiger partial charge in [-0.05, 0) is 36.9 Å². The van der Waals surface area contributed by atoms with Crippen LogP contribution in [0.25, 0.3) is 28.2 Å². The molecule has 5 rings (SSSR count). The van der Waals surface area contributed by atoms with E-state index in [0.29, 0.717) is 17.0 Å². The minimum Gasteiger partial charge on any atom is -0.497 e. The molecule has 0 amide bonds. The molecule has 0 aliphatic carbocycles. The second kappa shape index (κ2) is 8.57. The van der Waals surface area contributed by atoms with Crippen LogP contribution in [0.4, 0.5) is 0 Å². The molecule has 32 heavy (non-hydrogen) atoms. The van der Waals surface area contributed by atoms with Crippen molar-refractivity contribution in [3.8, 4) is 22.7 Å². The topological polar surface area (TPSA) is 79.3 Å². The fourth-order valence-electron chi connectivity index (χ4n) is 4.03. The number of nitrogens with zero attached hydrogens (tertiary/aromatic N) is 5. The monoisotopic (exact) mass is 430 g/mol. The first kappa shape index (κ1) is 20.4. The van der Waals surface area contributed by atoms with E-state index < -0.39 is 0 Å². The Balaban J connectivity index is 1.42. The van der Waals surface area contributed by atoms with Crippen LogP contribution in [0.1, 0.15) is 5.56 Å². The molecular formula is C24H26N6O2. The Labute approximate surface area is 186 Å². The quantitative estimate of drug-likeness (QED) is 0.524. The summed E-state index contributed by atoms with van der Waals surface area (Å²) in [6, 6.07) is 15.7. The van der Waals surface area contributed by atoms with Crippen molar-refractivity contribution in [2.75, 3.05) is 40.3 Å². The number of fused-ring (bicyclic) bond motifs is 1. The molecule has 2 aromatic heterocycles. The summed E-state index contributed by atoms with van der Waals surface area (Å²) in [5, 5.41) is 0. The van der Waals surface area contributed by atoms with E-state index in [2.05, 4.69) is 51.1 Å². The number of nitrogens with one attached hydrogen (secondary N) is 1. The Bertz CT molecular complexity index is 1270. The van der Waals surface area contributed by atoms with Crippen LogP contribution in [0.15, 0.2) is 59.5 Å². The average molecular weight is 431 g/mol. The molecule has 1 aliphatic rings. The van der Waals surface area contributed by atoms with E-state index in [-0.39, 0.29) is 5.69 Å². The van der Waals surface area contributed by atoms with Crippen molar-refractivity contribution >= 4 is 11.3 Å². The van der Waals surface area contributed by atoms with Crippen LogP contribution in [-0.4, -0.2) is 69.7 Å². The fourth-order valence-corrected chi connectivity index (χ4v) is 4.03. The molecular weight excluding hydrogens is 404 g/mol. The SMILES string of the molecule is COc1ccc(-n2c(=O)[nH]c3ncc(-c4ccc(CN5CCN(C)CC5)cc4)nc32)cc1. The second-order valence-corrected chi connectivity index (χ2v) is 8.17. The van der Waals surface area contributed by atoms with Crippen LogP contribution >= 0.6 is 0 Å². The summed E-state index contributed by atoms with van der Waals surface area (Å²) in [6.07, 6.45) is 1.70. The lowest BCUT2D eigenvalue weighted by Gasteiger charge is -2.32. The molecule has 8 heteroatoms. The standard InChI is InChI=1S/C24H26N6O2/c1-28-11-13-29(14-12-28)16-17-3-5-18(6-4-17)21-15-25-22-23(26-21)30(24(31)27-22)19-7-9-20(32-2)10-8-19/h3-10,15H,11-14,16H2,1-2H3,(H,25,27,31). The molecule has 8 nitrogen and oxygen atoms in total. The van der Waals surface area contributed by atoms with Crippen LogP contribution in [0.5, 0.6) is 5.75 Å². The van der Waals surface area contributed by atoms with E-state index >= 15 is 0 Å². The van der Waals surface area contributed by atoms with Crippen molar-refractivity contribution in [1.82, 2.24) is 29.3 Å². The van der Waals surface area contributed by atoms with E-state index in [0.717, 1.165) is 49.7 Å². The van der Waals surface area contributed by atoms with Crippen LogP contribution in [0.2, 0.25) is 0 Å². The summed E-state index contributed by atoms with van der Waals surface area (Å²) in [4.78, 5) is 29.4. The van der Waals surface area contributed by atoms with Gasteiger partial charge in [0.1, 0.15) is 5.75 Å². The molecule has 0 unspecified atom stereocenters. The molecule has 1 aliphatic heterocycles. The highest BCUT2D eigenvalue weighted by molar-refractivity contribution is 5.73. The Hall–Kier alpha value is -3.49. The van der Waals surface area contributed by atoms with Crippen molar-refractivity contribution in [3.63, 3.8) is 0 Å². The second-order valence-electron chi connectivity index (χ2n) is 8.17. The average Bonchev–Trinajstić information content (AvgIpc) is 3.16. The third-order valence-corrected chi connectivity index (χ3v) is 5.98. The van der Waals surface area contributed by atoms with Gasteiger partial charge in [-0.25, -0.2) is 19.3 Å². The first-order chi connectivity index (χ1) is 15.6. The summed E-state index contributed by atoms with van der Waals surface area (Å²) in [7, 11) is 3.78. The van der Waals surface area contributed by atoms with Gasteiger partial charge in [-0.2, -0.15) is 0 Å². The predicted octanol–water partition coefficient (Wildman–Crippen LogP) is 2.53. The number of aromatic nitrogens is 4. The Morgan fingerprint density at radius 3 is 2.41 bits per heavy atom. The molecule has 164 valence electrons. The van der Waals surface area contributed by atoms with Crippen molar-refractivity contribution in [1.29, 1.82) is 0 Å². The van der Waals surface area contributed by atoms with Gasteiger partial charge in [0.05, 0.1) is 24.7 Å². The number of benzene rings is 2. The molecule has 0 bridgehead atoms. The number of likely N-dealkylation sites (N-methyl/N-ethyl adjacent to an activating group) is 1. The van der Waals surface area contributed by atoms with Gasteiger partial charge < -0.3 is 9.64 Å². The number of methoxy groups -OCH3 is 1. The Morgan fingerprint density at radius 1 is 1.00 bits per heavy atom. The molecule has 0 saturated carbocycles. The van der Waals surface area contributed by atoms with Gasteiger partial charge >= 0.3 is 5.69 Å². The van der Waals surface area contributed by atoms with E-state index in [1.165, 1.54) is 10.1 Å². The van der Waals surface area contributed by atoms with Crippen molar-refractivity contribution < 1.29 is 4.74 Å². The van der Waals surface area contributed by atoms with Gasteiger partial charge in [-0.15, -0.1) is 0 Å². The lowest BCUT2D eigenvalue weighted by atomic mass is 10.1.